The SMILES string of the molecule is Cc1nc(N)sc1C(=O)NCC(C)Oc1cccnc1. The largest absolute Gasteiger partial charge is 0.487 e. The van der Waals surface area contributed by atoms with Crippen LogP contribution in [0.5, 0.6) is 5.75 Å². The van der Waals surface area contributed by atoms with E-state index in [0.29, 0.717) is 28.0 Å². The number of nitrogens with two attached hydrogens (primary N) is 1. The van der Waals surface area contributed by atoms with Gasteiger partial charge in [-0.1, -0.05) is 11.3 Å². The van der Waals surface area contributed by atoms with Gasteiger partial charge in [0.25, 0.3) is 5.91 Å². The first-order valence-corrected chi connectivity index (χ1v) is 6.95. The Kier molecular flexibility index (Phi) is 4.52. The highest BCUT2D eigenvalue weighted by Gasteiger charge is 2.15. The van der Waals surface area contributed by atoms with Crippen LogP contribution in [0.15, 0.2) is 24.5 Å². The number of ether oxygens (including phenoxy) is 1. The summed E-state index contributed by atoms with van der Waals surface area (Å²) in [4.78, 5) is 20.5. The maximum absolute atomic E-state index is 12.0. The number of amides is 1. The number of aromatic nitrogens is 2. The Morgan fingerprint density at radius 1 is 1.60 bits per heavy atom. The van der Waals surface area contributed by atoms with E-state index in [-0.39, 0.29) is 12.0 Å². The molecule has 0 spiro atoms. The molecule has 2 aromatic rings. The first-order valence-electron chi connectivity index (χ1n) is 6.14. The van der Waals surface area contributed by atoms with Crippen LogP contribution in [-0.4, -0.2) is 28.5 Å². The molecule has 2 rings (SSSR count). The van der Waals surface area contributed by atoms with Crippen molar-refractivity contribution in [1.29, 1.82) is 0 Å². The second kappa shape index (κ2) is 6.33. The van der Waals surface area contributed by atoms with Crippen LogP contribution in [0, 0.1) is 6.92 Å². The first-order chi connectivity index (χ1) is 9.56. The summed E-state index contributed by atoms with van der Waals surface area (Å²) in [7, 11) is 0. The normalized spacial score (nSPS) is 11.9. The van der Waals surface area contributed by atoms with E-state index >= 15 is 0 Å². The fourth-order valence-corrected chi connectivity index (χ4v) is 2.39. The standard InChI is InChI=1S/C13H16N4O2S/c1-8(19-10-4-3-5-15-7-10)6-16-12(18)11-9(2)17-13(14)20-11/h3-5,7-8H,6H2,1-2H3,(H2,14,17)(H,16,18). The van der Waals surface area contributed by atoms with Crippen LogP contribution in [0.4, 0.5) is 5.13 Å². The molecule has 0 saturated carbocycles. The third-order valence-corrected chi connectivity index (χ3v) is 3.53. The second-order valence-corrected chi connectivity index (χ2v) is 5.32. The lowest BCUT2D eigenvalue weighted by Crippen LogP contribution is -2.33. The Morgan fingerprint density at radius 3 is 3.00 bits per heavy atom. The van der Waals surface area contributed by atoms with E-state index in [1.54, 1.807) is 25.4 Å². The topological polar surface area (TPSA) is 90.1 Å². The van der Waals surface area contributed by atoms with Gasteiger partial charge in [0.2, 0.25) is 0 Å². The number of aryl methyl sites for hydroxylation is 1. The van der Waals surface area contributed by atoms with E-state index in [1.165, 1.54) is 11.3 Å². The molecule has 0 radical (unpaired) electrons. The number of thiazole rings is 1. The van der Waals surface area contributed by atoms with Gasteiger partial charge >= 0.3 is 0 Å². The van der Waals surface area contributed by atoms with E-state index in [9.17, 15) is 4.79 Å². The van der Waals surface area contributed by atoms with Gasteiger partial charge in [0.1, 0.15) is 16.7 Å². The zero-order chi connectivity index (χ0) is 14.5. The molecular formula is C13H16N4O2S. The van der Waals surface area contributed by atoms with E-state index in [1.807, 2.05) is 13.0 Å². The van der Waals surface area contributed by atoms with Crippen LogP contribution >= 0.6 is 11.3 Å². The minimum Gasteiger partial charge on any atom is -0.487 e. The van der Waals surface area contributed by atoms with Crippen molar-refractivity contribution < 1.29 is 9.53 Å². The molecule has 106 valence electrons. The summed E-state index contributed by atoms with van der Waals surface area (Å²) < 4.78 is 5.62. The van der Waals surface area contributed by atoms with E-state index in [4.69, 9.17) is 10.5 Å². The molecule has 0 saturated heterocycles. The van der Waals surface area contributed by atoms with Crippen molar-refractivity contribution >= 4 is 22.4 Å². The second-order valence-electron chi connectivity index (χ2n) is 4.29. The Labute approximate surface area is 121 Å². The summed E-state index contributed by atoms with van der Waals surface area (Å²) in [5.41, 5.74) is 6.22. The first kappa shape index (κ1) is 14.3. The van der Waals surface area contributed by atoms with Gasteiger partial charge in [-0.3, -0.25) is 9.78 Å². The number of rotatable bonds is 5. The quantitative estimate of drug-likeness (QED) is 0.874. The molecule has 1 atom stereocenters. The summed E-state index contributed by atoms with van der Waals surface area (Å²) in [6, 6.07) is 3.61. The third kappa shape index (κ3) is 3.67. The van der Waals surface area contributed by atoms with Crippen LogP contribution < -0.4 is 15.8 Å². The molecule has 0 bridgehead atoms. The van der Waals surface area contributed by atoms with Gasteiger partial charge in [-0.15, -0.1) is 0 Å². The summed E-state index contributed by atoms with van der Waals surface area (Å²) in [5, 5.41) is 3.20. The monoisotopic (exact) mass is 292 g/mol. The predicted octanol–water partition coefficient (Wildman–Crippen LogP) is 1.63. The molecule has 7 heteroatoms. The maximum atomic E-state index is 12.0. The number of nitrogens with zero attached hydrogens (tertiary/aromatic N) is 2. The van der Waals surface area contributed by atoms with Gasteiger partial charge in [-0.05, 0) is 26.0 Å². The molecule has 0 aliphatic rings. The van der Waals surface area contributed by atoms with Crippen molar-refractivity contribution in [2.75, 3.05) is 12.3 Å². The molecular weight excluding hydrogens is 276 g/mol. The van der Waals surface area contributed by atoms with E-state index in [0.717, 1.165) is 0 Å². The summed E-state index contributed by atoms with van der Waals surface area (Å²) in [6.07, 6.45) is 3.15. The molecule has 0 fully saturated rings. The zero-order valence-electron chi connectivity index (χ0n) is 11.3. The molecule has 1 unspecified atom stereocenters. The number of nitrogen functional groups attached to an aromatic ring is 1. The smallest absolute Gasteiger partial charge is 0.263 e. The van der Waals surface area contributed by atoms with Crippen molar-refractivity contribution in [1.82, 2.24) is 15.3 Å². The Balaban J connectivity index is 1.86. The Hall–Kier alpha value is -2.15. The van der Waals surface area contributed by atoms with Gasteiger partial charge < -0.3 is 15.8 Å². The minimum atomic E-state index is -0.182. The summed E-state index contributed by atoms with van der Waals surface area (Å²) in [5.74, 6) is 0.491. The molecule has 1 amide bonds. The number of carbonyl (C=O) groups excluding carboxylic acids is 1. The molecule has 6 nitrogen and oxygen atoms in total. The minimum absolute atomic E-state index is 0.159. The lowest BCUT2D eigenvalue weighted by Gasteiger charge is -2.14. The molecule has 0 aromatic carbocycles. The number of hydrogen-bond acceptors (Lipinski definition) is 6. The highest BCUT2D eigenvalue weighted by Crippen LogP contribution is 2.19. The third-order valence-electron chi connectivity index (χ3n) is 2.54. The maximum Gasteiger partial charge on any atom is 0.263 e. The summed E-state index contributed by atoms with van der Waals surface area (Å²) >= 11 is 1.18. The van der Waals surface area contributed by atoms with Crippen molar-refractivity contribution in [3.05, 3.63) is 35.1 Å². The van der Waals surface area contributed by atoms with Gasteiger partial charge in [-0.25, -0.2) is 4.98 Å². The molecule has 20 heavy (non-hydrogen) atoms. The molecule has 2 aromatic heterocycles. The molecule has 0 aliphatic carbocycles. The number of hydrogen-bond donors (Lipinski definition) is 2. The number of carbonyl (C=O) groups is 1. The van der Waals surface area contributed by atoms with E-state index in [2.05, 4.69) is 15.3 Å². The lowest BCUT2D eigenvalue weighted by molar-refractivity contribution is 0.0935. The van der Waals surface area contributed by atoms with Crippen molar-refractivity contribution in [2.45, 2.75) is 20.0 Å². The predicted molar refractivity (Wildman–Crippen MR) is 77.9 cm³/mol. The van der Waals surface area contributed by atoms with Crippen molar-refractivity contribution in [2.24, 2.45) is 0 Å². The number of pyridine rings is 1. The van der Waals surface area contributed by atoms with Crippen LogP contribution in [0.25, 0.3) is 0 Å². The highest BCUT2D eigenvalue weighted by molar-refractivity contribution is 7.17. The fraction of sp³-hybridized carbons (Fsp3) is 0.308. The fourth-order valence-electron chi connectivity index (χ4n) is 1.64. The van der Waals surface area contributed by atoms with Crippen LogP contribution in [0.3, 0.4) is 0 Å². The molecule has 0 aliphatic heterocycles. The molecule has 3 N–H and O–H groups in total. The van der Waals surface area contributed by atoms with Crippen molar-refractivity contribution in [3.63, 3.8) is 0 Å². The Morgan fingerprint density at radius 2 is 2.40 bits per heavy atom. The average molecular weight is 292 g/mol. The van der Waals surface area contributed by atoms with Gasteiger partial charge in [0, 0.05) is 6.20 Å². The Bertz CT molecular complexity index is 585. The number of anilines is 1. The van der Waals surface area contributed by atoms with Gasteiger partial charge in [0.05, 0.1) is 18.4 Å². The van der Waals surface area contributed by atoms with Crippen LogP contribution in [-0.2, 0) is 0 Å². The van der Waals surface area contributed by atoms with Gasteiger partial charge in [-0.2, -0.15) is 0 Å². The van der Waals surface area contributed by atoms with Crippen molar-refractivity contribution in [3.8, 4) is 5.75 Å². The zero-order valence-corrected chi connectivity index (χ0v) is 12.1. The summed E-state index contributed by atoms with van der Waals surface area (Å²) in [6.45, 7) is 4.03. The van der Waals surface area contributed by atoms with Crippen LogP contribution in [0.2, 0.25) is 0 Å². The lowest BCUT2D eigenvalue weighted by atomic mass is 10.3. The molecule has 2 heterocycles. The van der Waals surface area contributed by atoms with Crippen LogP contribution in [0.1, 0.15) is 22.3 Å². The van der Waals surface area contributed by atoms with Gasteiger partial charge in [0.15, 0.2) is 5.13 Å². The highest BCUT2D eigenvalue weighted by atomic mass is 32.1. The number of nitrogens with one attached hydrogen (secondary N) is 1. The van der Waals surface area contributed by atoms with E-state index < -0.39 is 0 Å². The average Bonchev–Trinajstić information content (AvgIpc) is 2.76.